The molecule has 2 heterocycles. The van der Waals surface area contributed by atoms with Crippen molar-refractivity contribution >= 4 is 23.3 Å². The van der Waals surface area contributed by atoms with Crippen molar-refractivity contribution < 1.29 is 14.7 Å². The zero-order valence-corrected chi connectivity index (χ0v) is 10.9. The van der Waals surface area contributed by atoms with Crippen LogP contribution in [0.25, 0.3) is 0 Å². The number of fused-ring (bicyclic) bond motifs is 1. The minimum Gasteiger partial charge on any atom is -0.477 e. The molecule has 0 fully saturated rings. The van der Waals surface area contributed by atoms with E-state index in [9.17, 15) is 9.59 Å². The Kier molecular flexibility index (Phi) is 2.61. The molecule has 0 radical (unpaired) electrons. The lowest BCUT2D eigenvalue weighted by atomic mass is 9.97. The van der Waals surface area contributed by atoms with E-state index < -0.39 is 5.97 Å². The van der Waals surface area contributed by atoms with Crippen LogP contribution in [-0.2, 0) is 4.79 Å². The van der Waals surface area contributed by atoms with Gasteiger partial charge in [0.2, 0.25) is 5.91 Å². The molecule has 0 unspecified atom stereocenters. The summed E-state index contributed by atoms with van der Waals surface area (Å²) in [5.41, 5.74) is 0.941. The second kappa shape index (κ2) is 3.76. The normalized spacial score (nSPS) is 17.6. The second-order valence-corrected chi connectivity index (χ2v) is 5.23. The van der Waals surface area contributed by atoms with Crippen LogP contribution >= 0.6 is 0 Å². The molecule has 98 valence electrons. The number of hydrogen-bond donors (Lipinski definition) is 2. The molecule has 0 aliphatic carbocycles. The van der Waals surface area contributed by atoms with Gasteiger partial charge < -0.3 is 19.9 Å². The van der Waals surface area contributed by atoms with Gasteiger partial charge >= 0.3 is 5.97 Å². The predicted octanol–water partition coefficient (Wildman–Crippen LogP) is 1.29. The number of H-pyrrole nitrogens is 1. The Morgan fingerprint density at radius 1 is 1.44 bits per heavy atom. The summed E-state index contributed by atoms with van der Waals surface area (Å²) in [5.74, 6) is -1.11. The summed E-state index contributed by atoms with van der Waals surface area (Å²) in [5, 5.41) is 9.14. The molecule has 1 aliphatic rings. The van der Waals surface area contributed by atoms with Crippen LogP contribution in [0.15, 0.2) is 6.20 Å². The maximum Gasteiger partial charge on any atom is 0.354 e. The Hall–Kier alpha value is -1.98. The van der Waals surface area contributed by atoms with Gasteiger partial charge in [-0.3, -0.25) is 4.79 Å². The summed E-state index contributed by atoms with van der Waals surface area (Å²) >= 11 is 0. The largest absolute Gasteiger partial charge is 0.477 e. The number of likely N-dealkylation sites (N-methyl/N-ethyl adjacent to an activating group) is 1. The second-order valence-electron chi connectivity index (χ2n) is 5.23. The highest BCUT2D eigenvalue weighted by Gasteiger charge is 2.40. The molecule has 0 bridgehead atoms. The molecule has 1 aromatic heterocycles. The third kappa shape index (κ3) is 1.64. The van der Waals surface area contributed by atoms with Gasteiger partial charge in [-0.15, -0.1) is 0 Å². The van der Waals surface area contributed by atoms with E-state index in [-0.39, 0.29) is 17.1 Å². The summed E-state index contributed by atoms with van der Waals surface area (Å²) in [6, 6.07) is 0. The van der Waals surface area contributed by atoms with Crippen LogP contribution in [0.4, 0.5) is 11.4 Å². The van der Waals surface area contributed by atoms with E-state index in [4.69, 9.17) is 5.11 Å². The van der Waals surface area contributed by atoms with Crippen molar-refractivity contribution in [2.24, 2.45) is 0 Å². The Balaban J connectivity index is 2.63. The number of nitrogens with zero attached hydrogens (tertiary/aromatic N) is 2. The fourth-order valence-electron chi connectivity index (χ4n) is 2.78. The number of carbonyl (C=O) groups is 2. The molecule has 1 aliphatic heterocycles. The highest BCUT2D eigenvalue weighted by molar-refractivity contribution is 6.04. The molecular formula is C12H17N3O3. The van der Waals surface area contributed by atoms with Crippen molar-refractivity contribution in [2.75, 3.05) is 23.4 Å². The third-order valence-electron chi connectivity index (χ3n) is 3.21. The summed E-state index contributed by atoms with van der Waals surface area (Å²) < 4.78 is 0. The van der Waals surface area contributed by atoms with Gasteiger partial charge in [-0.05, 0) is 13.8 Å². The molecule has 2 N–H and O–H groups in total. The number of aromatic amines is 1. The zero-order chi connectivity index (χ0) is 13.7. The van der Waals surface area contributed by atoms with E-state index in [0.717, 1.165) is 0 Å². The van der Waals surface area contributed by atoms with Crippen LogP contribution in [0, 0.1) is 0 Å². The molecule has 2 rings (SSSR count). The zero-order valence-electron chi connectivity index (χ0n) is 10.9. The number of amides is 1. The summed E-state index contributed by atoms with van der Waals surface area (Å²) in [6.45, 7) is 5.99. The van der Waals surface area contributed by atoms with Crippen molar-refractivity contribution in [1.82, 2.24) is 4.98 Å². The van der Waals surface area contributed by atoms with Crippen LogP contribution in [-0.4, -0.2) is 41.1 Å². The molecule has 0 aromatic carbocycles. The van der Waals surface area contributed by atoms with Gasteiger partial charge in [0, 0.05) is 26.7 Å². The highest BCUT2D eigenvalue weighted by Crippen LogP contribution is 2.41. The van der Waals surface area contributed by atoms with Crippen LogP contribution in [0.1, 0.15) is 31.3 Å². The van der Waals surface area contributed by atoms with Crippen molar-refractivity contribution in [3.8, 4) is 0 Å². The standard InChI is InChI=1S/C12H17N3O3/c1-7(16)15-8-5-13-9(11(17)18)10(8)14(4)6-12(15,2)3/h5,13H,6H2,1-4H3,(H,17,18). The topological polar surface area (TPSA) is 76.6 Å². The first-order chi connectivity index (χ1) is 8.25. The average Bonchev–Trinajstić information content (AvgIpc) is 2.59. The van der Waals surface area contributed by atoms with Gasteiger partial charge in [0.05, 0.1) is 16.9 Å². The number of aromatic carboxylic acids is 1. The molecule has 0 saturated carbocycles. The van der Waals surface area contributed by atoms with E-state index in [1.54, 1.807) is 11.1 Å². The SMILES string of the molecule is CC(=O)N1c2c[nH]c(C(=O)O)c2N(C)CC1(C)C. The number of rotatable bonds is 1. The van der Waals surface area contributed by atoms with E-state index >= 15 is 0 Å². The Bertz CT molecular complexity index is 519. The molecule has 18 heavy (non-hydrogen) atoms. The van der Waals surface area contributed by atoms with Crippen molar-refractivity contribution in [3.05, 3.63) is 11.9 Å². The molecule has 0 atom stereocenters. The maximum absolute atomic E-state index is 11.8. The monoisotopic (exact) mass is 251 g/mol. The van der Waals surface area contributed by atoms with Crippen LogP contribution in [0.5, 0.6) is 0 Å². The fraction of sp³-hybridized carbons (Fsp3) is 0.500. The molecule has 1 amide bonds. The van der Waals surface area contributed by atoms with Gasteiger partial charge in [0.1, 0.15) is 0 Å². The summed E-state index contributed by atoms with van der Waals surface area (Å²) in [6.07, 6.45) is 1.58. The van der Waals surface area contributed by atoms with Crippen molar-refractivity contribution in [3.63, 3.8) is 0 Å². The quantitative estimate of drug-likeness (QED) is 0.788. The predicted molar refractivity (Wildman–Crippen MR) is 68.3 cm³/mol. The van der Waals surface area contributed by atoms with Gasteiger partial charge in [-0.1, -0.05) is 0 Å². The number of hydrogen-bond acceptors (Lipinski definition) is 3. The molecule has 1 aromatic rings. The van der Waals surface area contributed by atoms with Crippen LogP contribution in [0.2, 0.25) is 0 Å². The maximum atomic E-state index is 11.8. The van der Waals surface area contributed by atoms with E-state index in [1.807, 2.05) is 25.8 Å². The number of anilines is 2. The first-order valence-corrected chi connectivity index (χ1v) is 5.72. The molecule has 6 nitrogen and oxygen atoms in total. The minimum atomic E-state index is -1.02. The Morgan fingerprint density at radius 3 is 2.56 bits per heavy atom. The number of carboxylic acids is 1. The number of carboxylic acid groups (broad SMARTS) is 1. The minimum absolute atomic E-state index is 0.0923. The number of carbonyl (C=O) groups excluding carboxylic acids is 1. The lowest BCUT2D eigenvalue weighted by Gasteiger charge is -2.45. The first kappa shape index (κ1) is 12.5. The van der Waals surface area contributed by atoms with Gasteiger partial charge in [0.15, 0.2) is 5.69 Å². The molecule has 6 heteroatoms. The van der Waals surface area contributed by atoms with Crippen LogP contribution in [0.3, 0.4) is 0 Å². The van der Waals surface area contributed by atoms with Gasteiger partial charge in [0.25, 0.3) is 0 Å². The van der Waals surface area contributed by atoms with Crippen molar-refractivity contribution in [1.29, 1.82) is 0 Å². The van der Waals surface area contributed by atoms with Gasteiger partial charge in [-0.25, -0.2) is 4.79 Å². The van der Waals surface area contributed by atoms with Crippen molar-refractivity contribution in [2.45, 2.75) is 26.3 Å². The smallest absolute Gasteiger partial charge is 0.354 e. The number of nitrogens with one attached hydrogen (secondary N) is 1. The molecular weight excluding hydrogens is 234 g/mol. The van der Waals surface area contributed by atoms with E-state index in [0.29, 0.717) is 17.9 Å². The number of aromatic nitrogens is 1. The lowest BCUT2D eigenvalue weighted by molar-refractivity contribution is -0.117. The first-order valence-electron chi connectivity index (χ1n) is 5.72. The molecule has 0 saturated heterocycles. The summed E-state index contributed by atoms with van der Waals surface area (Å²) in [7, 11) is 1.83. The van der Waals surface area contributed by atoms with E-state index in [2.05, 4.69) is 4.98 Å². The lowest BCUT2D eigenvalue weighted by Crippen LogP contribution is -2.56. The Labute approximate surface area is 105 Å². The van der Waals surface area contributed by atoms with Gasteiger partial charge in [-0.2, -0.15) is 0 Å². The van der Waals surface area contributed by atoms with Crippen LogP contribution < -0.4 is 9.80 Å². The van der Waals surface area contributed by atoms with E-state index in [1.165, 1.54) is 6.92 Å². The Morgan fingerprint density at radius 2 is 2.06 bits per heavy atom. The third-order valence-corrected chi connectivity index (χ3v) is 3.21. The summed E-state index contributed by atoms with van der Waals surface area (Å²) in [4.78, 5) is 29.2. The highest BCUT2D eigenvalue weighted by atomic mass is 16.4. The molecule has 0 spiro atoms. The fourth-order valence-corrected chi connectivity index (χ4v) is 2.78. The average molecular weight is 251 g/mol.